The fraction of sp³-hybridized carbons (Fsp3) is 0.455. The van der Waals surface area contributed by atoms with Crippen LogP contribution in [0.3, 0.4) is 0 Å². The molecule has 2 aliphatic rings. The summed E-state index contributed by atoms with van der Waals surface area (Å²) in [6, 6.07) is 15.0. The van der Waals surface area contributed by atoms with Gasteiger partial charge in [-0.05, 0) is 60.4 Å². The van der Waals surface area contributed by atoms with E-state index in [2.05, 4.69) is 56.1 Å². The lowest BCUT2D eigenvalue weighted by Gasteiger charge is -2.37. The number of hydrogen-bond donors (Lipinski definition) is 0. The van der Waals surface area contributed by atoms with Gasteiger partial charge < -0.3 is 14.4 Å². The normalized spacial score (nSPS) is 20.4. The molecule has 1 saturated heterocycles. The Morgan fingerprint density at radius 3 is 2.59 bits per heavy atom. The molecule has 144 valence electrons. The van der Waals surface area contributed by atoms with Crippen molar-refractivity contribution in [3.63, 3.8) is 0 Å². The zero-order valence-corrected chi connectivity index (χ0v) is 17.5. The van der Waals surface area contributed by atoms with Gasteiger partial charge >= 0.3 is 0 Å². The molecule has 2 aliphatic heterocycles. The van der Waals surface area contributed by atoms with Crippen LogP contribution in [0.1, 0.15) is 23.7 Å². The Hall–Kier alpha value is -1.56. The monoisotopic (exact) mass is 430 g/mol. The molecule has 4 nitrogen and oxygen atoms in total. The minimum atomic E-state index is 0.237. The topological polar surface area (TPSA) is 24.9 Å². The summed E-state index contributed by atoms with van der Waals surface area (Å²) in [4.78, 5) is 5.02. The molecule has 27 heavy (non-hydrogen) atoms. The number of rotatable bonds is 5. The van der Waals surface area contributed by atoms with E-state index in [-0.39, 0.29) is 6.10 Å². The molecule has 2 aromatic rings. The molecule has 0 radical (unpaired) electrons. The predicted molar refractivity (Wildman–Crippen MR) is 113 cm³/mol. The lowest BCUT2D eigenvalue weighted by molar-refractivity contribution is 0.0289. The van der Waals surface area contributed by atoms with Gasteiger partial charge in [0.05, 0.1) is 19.8 Å². The number of nitrogens with zero attached hydrogens (tertiary/aromatic N) is 2. The quantitative estimate of drug-likeness (QED) is 0.706. The molecule has 0 bridgehead atoms. The molecule has 2 heterocycles. The second-order valence-corrected chi connectivity index (χ2v) is 8.18. The fourth-order valence-electron chi connectivity index (χ4n) is 4.07. The van der Waals surface area contributed by atoms with Crippen molar-refractivity contribution in [2.24, 2.45) is 0 Å². The van der Waals surface area contributed by atoms with E-state index in [1.165, 1.54) is 16.8 Å². The lowest BCUT2D eigenvalue weighted by Crippen LogP contribution is -2.46. The second-order valence-electron chi connectivity index (χ2n) is 7.27. The number of halogens is 1. The van der Waals surface area contributed by atoms with Gasteiger partial charge in [0.15, 0.2) is 0 Å². The van der Waals surface area contributed by atoms with Crippen molar-refractivity contribution in [2.75, 3.05) is 51.3 Å². The van der Waals surface area contributed by atoms with Crippen molar-refractivity contribution in [3.8, 4) is 5.75 Å². The summed E-state index contributed by atoms with van der Waals surface area (Å²) in [6.45, 7) is 6.27. The second kappa shape index (κ2) is 8.63. The van der Waals surface area contributed by atoms with Gasteiger partial charge in [0, 0.05) is 42.9 Å². The molecule has 5 heteroatoms. The van der Waals surface area contributed by atoms with Crippen molar-refractivity contribution in [1.29, 1.82) is 0 Å². The highest BCUT2D eigenvalue weighted by Crippen LogP contribution is 2.32. The van der Waals surface area contributed by atoms with Gasteiger partial charge in [-0.25, -0.2) is 0 Å². The van der Waals surface area contributed by atoms with Crippen molar-refractivity contribution in [3.05, 3.63) is 58.1 Å². The molecular weight excluding hydrogens is 404 g/mol. The van der Waals surface area contributed by atoms with E-state index in [0.717, 1.165) is 62.4 Å². The van der Waals surface area contributed by atoms with Gasteiger partial charge in [0.2, 0.25) is 0 Å². The largest absolute Gasteiger partial charge is 0.497 e. The third-order valence-electron chi connectivity index (χ3n) is 5.66. The van der Waals surface area contributed by atoms with Crippen LogP contribution in [-0.4, -0.2) is 51.3 Å². The highest BCUT2D eigenvalue weighted by atomic mass is 79.9. The van der Waals surface area contributed by atoms with Crippen LogP contribution in [0.15, 0.2) is 46.9 Å². The van der Waals surface area contributed by atoms with E-state index in [1.807, 2.05) is 12.1 Å². The summed E-state index contributed by atoms with van der Waals surface area (Å²) < 4.78 is 12.5. The van der Waals surface area contributed by atoms with Crippen molar-refractivity contribution in [1.82, 2.24) is 4.90 Å². The lowest BCUT2D eigenvalue weighted by atomic mass is 9.95. The predicted octanol–water partition coefficient (Wildman–Crippen LogP) is 4.28. The molecule has 0 N–H and O–H groups in total. The van der Waals surface area contributed by atoms with Gasteiger partial charge in [-0.3, -0.25) is 4.90 Å². The SMILES string of the molecule is COc1ccc(N2CCN(CC[C@H]3OCCc4cc(Br)ccc43)CC2)cc1. The Morgan fingerprint density at radius 2 is 1.85 bits per heavy atom. The number of ether oxygens (including phenoxy) is 2. The molecule has 0 spiro atoms. The maximum atomic E-state index is 6.08. The van der Waals surface area contributed by atoms with E-state index in [4.69, 9.17) is 9.47 Å². The Kier molecular flexibility index (Phi) is 6.01. The molecule has 0 aromatic heterocycles. The number of benzene rings is 2. The van der Waals surface area contributed by atoms with E-state index in [9.17, 15) is 0 Å². The first-order valence-corrected chi connectivity index (χ1v) is 10.5. The third kappa shape index (κ3) is 4.48. The fourth-order valence-corrected chi connectivity index (χ4v) is 4.48. The van der Waals surface area contributed by atoms with Gasteiger partial charge in [0.1, 0.15) is 5.75 Å². The standard InChI is InChI=1S/C22H27BrN2O2/c1-26-20-5-3-19(4-6-20)25-13-11-24(12-14-25)10-8-22-21-7-2-18(23)16-17(21)9-15-27-22/h2-7,16,22H,8-15H2,1H3/t22-/m1/s1. The van der Waals surface area contributed by atoms with Crippen LogP contribution in [0.5, 0.6) is 5.75 Å². The van der Waals surface area contributed by atoms with E-state index in [1.54, 1.807) is 7.11 Å². The maximum absolute atomic E-state index is 6.08. The number of fused-ring (bicyclic) bond motifs is 1. The third-order valence-corrected chi connectivity index (χ3v) is 6.15. The average molecular weight is 431 g/mol. The van der Waals surface area contributed by atoms with Crippen LogP contribution in [0.4, 0.5) is 5.69 Å². The molecular formula is C22H27BrN2O2. The van der Waals surface area contributed by atoms with E-state index in [0.29, 0.717) is 0 Å². The number of methoxy groups -OCH3 is 1. The zero-order valence-electron chi connectivity index (χ0n) is 15.9. The Balaban J connectivity index is 1.29. The summed E-state index contributed by atoms with van der Waals surface area (Å²) in [6.07, 6.45) is 2.32. The highest BCUT2D eigenvalue weighted by molar-refractivity contribution is 9.10. The first-order valence-electron chi connectivity index (χ1n) is 9.74. The molecule has 4 rings (SSSR count). The maximum Gasteiger partial charge on any atom is 0.119 e. The number of piperazine rings is 1. The van der Waals surface area contributed by atoms with Crippen LogP contribution in [0.2, 0.25) is 0 Å². The van der Waals surface area contributed by atoms with Crippen molar-refractivity contribution in [2.45, 2.75) is 18.9 Å². The highest BCUT2D eigenvalue weighted by Gasteiger charge is 2.23. The molecule has 1 fully saturated rings. The zero-order chi connectivity index (χ0) is 18.6. The van der Waals surface area contributed by atoms with Crippen LogP contribution < -0.4 is 9.64 Å². The van der Waals surface area contributed by atoms with Crippen molar-refractivity contribution < 1.29 is 9.47 Å². The first-order chi connectivity index (χ1) is 13.2. The Bertz CT molecular complexity index is 757. The Morgan fingerprint density at radius 1 is 1.07 bits per heavy atom. The minimum Gasteiger partial charge on any atom is -0.497 e. The van der Waals surface area contributed by atoms with Crippen LogP contribution in [-0.2, 0) is 11.2 Å². The van der Waals surface area contributed by atoms with E-state index < -0.39 is 0 Å². The first kappa shape index (κ1) is 18.8. The summed E-state index contributed by atoms with van der Waals surface area (Å²) >= 11 is 3.58. The smallest absolute Gasteiger partial charge is 0.119 e. The van der Waals surface area contributed by atoms with Crippen LogP contribution >= 0.6 is 15.9 Å². The molecule has 0 saturated carbocycles. The summed E-state index contributed by atoms with van der Waals surface area (Å²) in [5.74, 6) is 0.914. The molecule has 0 aliphatic carbocycles. The van der Waals surface area contributed by atoms with Gasteiger partial charge in [-0.15, -0.1) is 0 Å². The minimum absolute atomic E-state index is 0.237. The van der Waals surface area contributed by atoms with E-state index >= 15 is 0 Å². The van der Waals surface area contributed by atoms with Crippen LogP contribution in [0, 0.1) is 0 Å². The molecule has 0 unspecified atom stereocenters. The number of anilines is 1. The summed E-state index contributed by atoms with van der Waals surface area (Å²) in [7, 11) is 1.71. The van der Waals surface area contributed by atoms with Gasteiger partial charge in [-0.2, -0.15) is 0 Å². The molecule has 2 aromatic carbocycles. The van der Waals surface area contributed by atoms with Gasteiger partial charge in [-0.1, -0.05) is 22.0 Å². The molecule has 0 amide bonds. The Labute approximate surface area is 170 Å². The molecule has 1 atom stereocenters. The number of hydrogen-bond acceptors (Lipinski definition) is 4. The van der Waals surface area contributed by atoms with Crippen molar-refractivity contribution >= 4 is 21.6 Å². The summed E-state index contributed by atoms with van der Waals surface area (Å²) in [5, 5.41) is 0. The van der Waals surface area contributed by atoms with Gasteiger partial charge in [0.25, 0.3) is 0 Å². The summed E-state index contributed by atoms with van der Waals surface area (Å²) in [5.41, 5.74) is 4.09. The van der Waals surface area contributed by atoms with Crippen LogP contribution in [0.25, 0.3) is 0 Å². The average Bonchev–Trinajstić information content (AvgIpc) is 2.72.